The first-order valence-corrected chi connectivity index (χ1v) is 4.92. The van der Waals surface area contributed by atoms with Crippen molar-refractivity contribution in [2.24, 2.45) is 0 Å². The predicted molar refractivity (Wildman–Crippen MR) is 53.7 cm³/mol. The van der Waals surface area contributed by atoms with E-state index in [1.807, 2.05) is 6.92 Å². The molecule has 3 atom stereocenters. The quantitative estimate of drug-likeness (QED) is 0.658. The Balaban J connectivity index is 2.31. The molecule has 0 aliphatic carbocycles. The van der Waals surface area contributed by atoms with E-state index in [1.165, 1.54) is 0 Å². The molecule has 4 heteroatoms. The zero-order valence-corrected chi connectivity index (χ0v) is 8.42. The Bertz CT molecular complexity index is 220. The van der Waals surface area contributed by atoms with Crippen LogP contribution in [0.5, 0.6) is 0 Å². The number of nitrogens with one attached hydrogen (secondary N) is 2. The summed E-state index contributed by atoms with van der Waals surface area (Å²) in [5.74, 6) is -0.112. The zero-order valence-electron chi connectivity index (χ0n) is 8.42. The van der Waals surface area contributed by atoms with Crippen LogP contribution >= 0.6 is 0 Å². The molecule has 1 amide bonds. The van der Waals surface area contributed by atoms with E-state index in [1.54, 1.807) is 6.08 Å². The number of halogens is 1. The summed E-state index contributed by atoms with van der Waals surface area (Å²) in [6, 6.07) is -0.294. The minimum atomic E-state index is -0.888. The fourth-order valence-electron chi connectivity index (χ4n) is 1.54. The van der Waals surface area contributed by atoms with Crippen LogP contribution in [-0.4, -0.2) is 30.7 Å². The fraction of sp³-hybridized carbons (Fsp3) is 0.700. The van der Waals surface area contributed by atoms with Gasteiger partial charge in [-0.15, -0.1) is 6.58 Å². The van der Waals surface area contributed by atoms with Crippen molar-refractivity contribution in [2.75, 3.05) is 6.54 Å². The molecule has 2 N–H and O–H groups in total. The third kappa shape index (κ3) is 3.10. The minimum Gasteiger partial charge on any atom is -0.352 e. The molecule has 0 radical (unpaired) electrons. The summed E-state index contributed by atoms with van der Waals surface area (Å²) >= 11 is 0. The maximum Gasteiger partial charge on any atom is 0.237 e. The standard InChI is InChI=1S/C10H17FN2O/c1-3-4-7(2)13-10(14)9-5-8(11)6-12-9/h3,7-9,12H,1,4-6H2,2H3,(H,13,14)/t7?,8-,9+/m0/s1. The number of rotatable bonds is 4. The average molecular weight is 200 g/mol. The van der Waals surface area contributed by atoms with Crippen LogP contribution in [0.25, 0.3) is 0 Å². The maximum absolute atomic E-state index is 12.8. The van der Waals surface area contributed by atoms with Gasteiger partial charge in [-0.25, -0.2) is 4.39 Å². The van der Waals surface area contributed by atoms with Crippen LogP contribution in [0.3, 0.4) is 0 Å². The molecule has 1 rings (SSSR count). The summed E-state index contributed by atoms with van der Waals surface area (Å²) in [7, 11) is 0. The van der Waals surface area contributed by atoms with Gasteiger partial charge in [0.1, 0.15) is 6.17 Å². The van der Waals surface area contributed by atoms with Crippen molar-refractivity contribution >= 4 is 5.91 Å². The minimum absolute atomic E-state index is 0.0699. The highest BCUT2D eigenvalue weighted by atomic mass is 19.1. The van der Waals surface area contributed by atoms with Crippen molar-refractivity contribution in [3.05, 3.63) is 12.7 Å². The highest BCUT2D eigenvalue weighted by Crippen LogP contribution is 2.10. The Morgan fingerprint density at radius 2 is 2.57 bits per heavy atom. The first-order valence-electron chi connectivity index (χ1n) is 4.92. The Hall–Kier alpha value is -0.900. The molecule has 0 aromatic carbocycles. The van der Waals surface area contributed by atoms with Crippen LogP contribution < -0.4 is 10.6 Å². The molecule has 1 unspecified atom stereocenters. The van der Waals surface area contributed by atoms with E-state index in [4.69, 9.17) is 0 Å². The van der Waals surface area contributed by atoms with Crippen LogP contribution in [0.15, 0.2) is 12.7 Å². The average Bonchev–Trinajstić information content (AvgIpc) is 2.52. The summed E-state index contributed by atoms with van der Waals surface area (Å²) in [5.41, 5.74) is 0. The number of carbonyl (C=O) groups excluding carboxylic acids is 1. The second-order valence-electron chi connectivity index (χ2n) is 3.73. The summed E-state index contributed by atoms with van der Waals surface area (Å²) in [6.45, 7) is 5.78. The van der Waals surface area contributed by atoms with Gasteiger partial charge in [-0.1, -0.05) is 6.08 Å². The molecule has 0 bridgehead atoms. The van der Waals surface area contributed by atoms with Crippen molar-refractivity contribution in [3.63, 3.8) is 0 Å². The smallest absolute Gasteiger partial charge is 0.237 e. The van der Waals surface area contributed by atoms with Crippen LogP contribution in [-0.2, 0) is 4.79 Å². The van der Waals surface area contributed by atoms with Crippen molar-refractivity contribution in [1.82, 2.24) is 10.6 Å². The lowest BCUT2D eigenvalue weighted by atomic mass is 10.1. The van der Waals surface area contributed by atoms with Gasteiger partial charge in [-0.2, -0.15) is 0 Å². The maximum atomic E-state index is 12.8. The van der Waals surface area contributed by atoms with Gasteiger partial charge in [-0.05, 0) is 13.3 Å². The van der Waals surface area contributed by atoms with Gasteiger partial charge in [0.05, 0.1) is 6.04 Å². The molecule has 0 aromatic heterocycles. The summed E-state index contributed by atoms with van der Waals surface area (Å²) in [4.78, 5) is 11.5. The molecule has 0 aromatic rings. The number of hydrogen-bond donors (Lipinski definition) is 2. The van der Waals surface area contributed by atoms with Gasteiger partial charge in [-0.3, -0.25) is 4.79 Å². The summed E-state index contributed by atoms with van der Waals surface area (Å²) in [5, 5.41) is 5.64. The normalized spacial score (nSPS) is 28.4. The molecule has 1 heterocycles. The van der Waals surface area contributed by atoms with Crippen LogP contribution in [0.2, 0.25) is 0 Å². The molecule has 3 nitrogen and oxygen atoms in total. The van der Waals surface area contributed by atoms with Crippen LogP contribution in [0.1, 0.15) is 19.8 Å². The molecular weight excluding hydrogens is 183 g/mol. The van der Waals surface area contributed by atoms with Gasteiger partial charge in [0, 0.05) is 19.0 Å². The van der Waals surface area contributed by atoms with Crippen molar-refractivity contribution in [1.29, 1.82) is 0 Å². The van der Waals surface area contributed by atoms with Gasteiger partial charge >= 0.3 is 0 Å². The fourth-order valence-corrected chi connectivity index (χ4v) is 1.54. The second-order valence-corrected chi connectivity index (χ2v) is 3.73. The van der Waals surface area contributed by atoms with E-state index in [0.29, 0.717) is 0 Å². The first kappa shape index (κ1) is 11.2. The number of carbonyl (C=O) groups is 1. The van der Waals surface area contributed by atoms with Crippen LogP contribution in [0, 0.1) is 0 Å². The van der Waals surface area contributed by atoms with Crippen molar-refractivity contribution in [3.8, 4) is 0 Å². The Labute approximate surface area is 83.8 Å². The van der Waals surface area contributed by atoms with E-state index in [9.17, 15) is 9.18 Å². The molecule has 0 saturated carbocycles. The largest absolute Gasteiger partial charge is 0.352 e. The van der Waals surface area contributed by atoms with Crippen LogP contribution in [0.4, 0.5) is 4.39 Å². The summed E-state index contributed by atoms with van der Waals surface area (Å²) < 4.78 is 12.8. The second kappa shape index (κ2) is 5.10. The molecule has 1 aliphatic rings. The van der Waals surface area contributed by atoms with Crippen molar-refractivity contribution < 1.29 is 9.18 Å². The molecule has 1 fully saturated rings. The highest BCUT2D eigenvalue weighted by molar-refractivity contribution is 5.82. The van der Waals surface area contributed by atoms with E-state index >= 15 is 0 Å². The number of hydrogen-bond acceptors (Lipinski definition) is 2. The topological polar surface area (TPSA) is 41.1 Å². The highest BCUT2D eigenvalue weighted by Gasteiger charge is 2.29. The van der Waals surface area contributed by atoms with E-state index in [-0.39, 0.29) is 31.0 Å². The van der Waals surface area contributed by atoms with E-state index in [2.05, 4.69) is 17.2 Å². The van der Waals surface area contributed by atoms with E-state index < -0.39 is 6.17 Å². The Kier molecular flexibility index (Phi) is 4.07. The number of alkyl halides is 1. The first-order chi connectivity index (χ1) is 6.63. The summed E-state index contributed by atoms with van der Waals surface area (Å²) in [6.07, 6.45) is 1.88. The van der Waals surface area contributed by atoms with Crippen molar-refractivity contribution in [2.45, 2.75) is 38.0 Å². The third-order valence-electron chi connectivity index (χ3n) is 2.30. The molecule has 80 valence electrons. The van der Waals surface area contributed by atoms with Gasteiger partial charge < -0.3 is 10.6 Å². The zero-order chi connectivity index (χ0) is 10.6. The third-order valence-corrected chi connectivity index (χ3v) is 2.30. The molecule has 1 saturated heterocycles. The SMILES string of the molecule is C=CCC(C)NC(=O)[C@H]1C[C@H](F)CN1. The van der Waals surface area contributed by atoms with Gasteiger partial charge in [0.15, 0.2) is 0 Å². The monoisotopic (exact) mass is 200 g/mol. The van der Waals surface area contributed by atoms with Gasteiger partial charge in [0.25, 0.3) is 0 Å². The lowest BCUT2D eigenvalue weighted by Gasteiger charge is -2.15. The number of amides is 1. The Morgan fingerprint density at radius 1 is 1.86 bits per heavy atom. The predicted octanol–water partition coefficient (Wildman–Crippen LogP) is 0.767. The molecule has 1 aliphatic heterocycles. The molecule has 0 spiro atoms. The van der Waals surface area contributed by atoms with Gasteiger partial charge in [0.2, 0.25) is 5.91 Å². The van der Waals surface area contributed by atoms with E-state index in [0.717, 1.165) is 6.42 Å². The molecule has 14 heavy (non-hydrogen) atoms. The lowest BCUT2D eigenvalue weighted by Crippen LogP contribution is -2.44. The Morgan fingerprint density at radius 3 is 3.07 bits per heavy atom. The molecular formula is C10H17FN2O. The lowest BCUT2D eigenvalue weighted by molar-refractivity contribution is -0.123.